The van der Waals surface area contributed by atoms with Crippen LogP contribution in [0, 0.1) is 0 Å². The summed E-state index contributed by atoms with van der Waals surface area (Å²) in [6.07, 6.45) is 1.80. The lowest BCUT2D eigenvalue weighted by atomic mass is 10.2. The Labute approximate surface area is 171 Å². The predicted molar refractivity (Wildman–Crippen MR) is 112 cm³/mol. The zero-order chi connectivity index (χ0) is 20.1. The van der Waals surface area contributed by atoms with E-state index in [0.717, 1.165) is 50.6 Å². The van der Waals surface area contributed by atoms with Gasteiger partial charge in [0, 0.05) is 64.1 Å². The van der Waals surface area contributed by atoms with Crippen LogP contribution in [0.1, 0.15) is 10.4 Å². The van der Waals surface area contributed by atoms with Crippen molar-refractivity contribution in [3.05, 3.63) is 60.3 Å². The fourth-order valence-corrected chi connectivity index (χ4v) is 3.89. The molecule has 2 saturated heterocycles. The quantitative estimate of drug-likeness (QED) is 0.781. The van der Waals surface area contributed by atoms with Gasteiger partial charge in [0.25, 0.3) is 5.91 Å². The number of amides is 2. The minimum Gasteiger partial charge on any atom is -0.353 e. The predicted octanol–water partition coefficient (Wildman–Crippen LogP) is 1.19. The molecule has 0 spiro atoms. The van der Waals surface area contributed by atoms with Crippen LogP contribution >= 0.6 is 0 Å². The summed E-state index contributed by atoms with van der Waals surface area (Å²) < 4.78 is 0. The van der Waals surface area contributed by atoms with Crippen molar-refractivity contribution in [1.82, 2.24) is 19.7 Å². The van der Waals surface area contributed by atoms with Crippen molar-refractivity contribution in [2.45, 2.75) is 0 Å². The second kappa shape index (κ2) is 9.05. The standard InChI is InChI=1S/C22H27N5O2/c28-21(26-16-14-25(15-17-26)20-8-4-5-9-23-20)18-24-10-12-27(13-11-24)22(29)19-6-2-1-3-7-19/h1-9H,10-18H2. The monoisotopic (exact) mass is 393 g/mol. The van der Waals surface area contributed by atoms with Crippen LogP contribution in [-0.4, -0.2) is 90.4 Å². The average Bonchev–Trinajstić information content (AvgIpc) is 2.80. The van der Waals surface area contributed by atoms with Crippen molar-refractivity contribution in [2.24, 2.45) is 0 Å². The van der Waals surface area contributed by atoms with Crippen LogP contribution < -0.4 is 4.90 Å². The molecule has 2 aromatic rings. The number of carbonyl (C=O) groups is 2. The van der Waals surface area contributed by atoms with Crippen LogP contribution in [0.15, 0.2) is 54.7 Å². The summed E-state index contributed by atoms with van der Waals surface area (Å²) in [7, 11) is 0. The van der Waals surface area contributed by atoms with Crippen LogP contribution in [-0.2, 0) is 4.79 Å². The minimum atomic E-state index is 0.0715. The Morgan fingerprint density at radius 1 is 0.759 bits per heavy atom. The highest BCUT2D eigenvalue weighted by Crippen LogP contribution is 2.13. The summed E-state index contributed by atoms with van der Waals surface area (Å²) in [6.45, 7) is 6.28. The molecule has 4 rings (SSSR count). The Balaban J connectivity index is 1.22. The second-order valence-electron chi connectivity index (χ2n) is 7.49. The third-order valence-corrected chi connectivity index (χ3v) is 5.64. The van der Waals surface area contributed by atoms with Gasteiger partial charge in [0.05, 0.1) is 6.54 Å². The van der Waals surface area contributed by atoms with Gasteiger partial charge in [-0.2, -0.15) is 0 Å². The van der Waals surface area contributed by atoms with E-state index in [1.807, 2.05) is 58.3 Å². The summed E-state index contributed by atoms with van der Waals surface area (Å²) in [5, 5.41) is 0. The summed E-state index contributed by atoms with van der Waals surface area (Å²) >= 11 is 0. The lowest BCUT2D eigenvalue weighted by Gasteiger charge is -2.38. The van der Waals surface area contributed by atoms with Crippen molar-refractivity contribution >= 4 is 17.6 Å². The number of anilines is 1. The highest BCUT2D eigenvalue weighted by Gasteiger charge is 2.26. The van der Waals surface area contributed by atoms with Crippen LogP contribution in [0.5, 0.6) is 0 Å². The molecule has 7 heteroatoms. The Bertz CT molecular complexity index is 814. The first-order chi connectivity index (χ1) is 14.2. The van der Waals surface area contributed by atoms with Gasteiger partial charge in [-0.25, -0.2) is 4.98 Å². The summed E-state index contributed by atoms with van der Waals surface area (Å²) in [5.74, 6) is 1.22. The van der Waals surface area contributed by atoms with Gasteiger partial charge in [0.1, 0.15) is 5.82 Å². The molecule has 1 aromatic heterocycles. The van der Waals surface area contributed by atoms with E-state index < -0.39 is 0 Å². The van der Waals surface area contributed by atoms with Crippen molar-refractivity contribution in [3.8, 4) is 0 Å². The lowest BCUT2D eigenvalue weighted by Crippen LogP contribution is -2.54. The smallest absolute Gasteiger partial charge is 0.253 e. The Hall–Kier alpha value is -2.93. The normalized spacial score (nSPS) is 18.0. The number of benzene rings is 1. The van der Waals surface area contributed by atoms with E-state index >= 15 is 0 Å². The largest absolute Gasteiger partial charge is 0.353 e. The highest BCUT2D eigenvalue weighted by atomic mass is 16.2. The first kappa shape index (κ1) is 19.4. The van der Waals surface area contributed by atoms with Gasteiger partial charge >= 0.3 is 0 Å². The van der Waals surface area contributed by atoms with Crippen molar-refractivity contribution in [2.75, 3.05) is 63.8 Å². The molecular formula is C22H27N5O2. The fraction of sp³-hybridized carbons (Fsp3) is 0.409. The van der Waals surface area contributed by atoms with E-state index in [-0.39, 0.29) is 11.8 Å². The molecule has 2 aliphatic rings. The molecule has 3 heterocycles. The zero-order valence-corrected chi connectivity index (χ0v) is 16.6. The maximum Gasteiger partial charge on any atom is 0.253 e. The topological polar surface area (TPSA) is 60.0 Å². The SMILES string of the molecule is O=C(CN1CCN(C(=O)c2ccccc2)CC1)N1CCN(c2ccccn2)CC1. The van der Waals surface area contributed by atoms with Gasteiger partial charge < -0.3 is 14.7 Å². The molecule has 0 radical (unpaired) electrons. The first-order valence-electron chi connectivity index (χ1n) is 10.2. The zero-order valence-electron chi connectivity index (χ0n) is 16.6. The van der Waals surface area contributed by atoms with Crippen LogP contribution in [0.3, 0.4) is 0 Å². The van der Waals surface area contributed by atoms with Gasteiger partial charge in [-0.1, -0.05) is 24.3 Å². The minimum absolute atomic E-state index is 0.0715. The van der Waals surface area contributed by atoms with E-state index in [1.54, 1.807) is 6.20 Å². The number of carbonyl (C=O) groups excluding carboxylic acids is 2. The number of piperazine rings is 2. The van der Waals surface area contributed by atoms with E-state index in [9.17, 15) is 9.59 Å². The molecule has 0 saturated carbocycles. The molecule has 0 aliphatic carbocycles. The molecular weight excluding hydrogens is 366 g/mol. The number of hydrogen-bond donors (Lipinski definition) is 0. The van der Waals surface area contributed by atoms with E-state index in [0.29, 0.717) is 19.6 Å². The van der Waals surface area contributed by atoms with E-state index in [4.69, 9.17) is 0 Å². The van der Waals surface area contributed by atoms with Gasteiger partial charge in [-0.15, -0.1) is 0 Å². The lowest BCUT2D eigenvalue weighted by molar-refractivity contribution is -0.133. The molecule has 2 fully saturated rings. The van der Waals surface area contributed by atoms with Gasteiger partial charge in [-0.3, -0.25) is 14.5 Å². The number of rotatable bonds is 4. The Morgan fingerprint density at radius 3 is 2.07 bits per heavy atom. The van der Waals surface area contributed by atoms with Gasteiger partial charge in [-0.05, 0) is 24.3 Å². The molecule has 7 nitrogen and oxygen atoms in total. The summed E-state index contributed by atoms with van der Waals surface area (Å²) in [4.78, 5) is 37.9. The molecule has 29 heavy (non-hydrogen) atoms. The molecule has 2 aliphatic heterocycles. The van der Waals surface area contributed by atoms with Crippen molar-refractivity contribution in [3.63, 3.8) is 0 Å². The molecule has 2 amide bonds. The molecule has 152 valence electrons. The molecule has 0 atom stereocenters. The summed E-state index contributed by atoms with van der Waals surface area (Å²) in [5.41, 5.74) is 0.725. The maximum atomic E-state index is 12.7. The Kier molecular flexibility index (Phi) is 6.05. The number of nitrogens with zero attached hydrogens (tertiary/aromatic N) is 5. The first-order valence-corrected chi connectivity index (χ1v) is 10.2. The number of pyridine rings is 1. The number of aromatic nitrogens is 1. The van der Waals surface area contributed by atoms with E-state index in [1.165, 1.54) is 0 Å². The third kappa shape index (κ3) is 4.74. The third-order valence-electron chi connectivity index (χ3n) is 5.64. The second-order valence-corrected chi connectivity index (χ2v) is 7.49. The maximum absolute atomic E-state index is 12.7. The average molecular weight is 393 g/mol. The van der Waals surface area contributed by atoms with E-state index in [2.05, 4.69) is 14.8 Å². The molecule has 0 N–H and O–H groups in total. The highest BCUT2D eigenvalue weighted by molar-refractivity contribution is 5.94. The molecule has 0 unspecified atom stereocenters. The van der Waals surface area contributed by atoms with Crippen LogP contribution in [0.25, 0.3) is 0 Å². The Morgan fingerprint density at radius 2 is 1.41 bits per heavy atom. The van der Waals surface area contributed by atoms with Crippen LogP contribution in [0.2, 0.25) is 0 Å². The van der Waals surface area contributed by atoms with Gasteiger partial charge in [0.2, 0.25) is 5.91 Å². The van der Waals surface area contributed by atoms with Gasteiger partial charge in [0.15, 0.2) is 0 Å². The van der Waals surface area contributed by atoms with Crippen molar-refractivity contribution < 1.29 is 9.59 Å². The fourth-order valence-electron chi connectivity index (χ4n) is 3.89. The van der Waals surface area contributed by atoms with Crippen molar-refractivity contribution in [1.29, 1.82) is 0 Å². The summed E-state index contributed by atoms with van der Waals surface area (Å²) in [6, 6.07) is 15.3. The molecule has 1 aromatic carbocycles. The molecule has 0 bridgehead atoms. The van der Waals surface area contributed by atoms with Crippen LogP contribution in [0.4, 0.5) is 5.82 Å². The number of hydrogen-bond acceptors (Lipinski definition) is 5.